The van der Waals surface area contributed by atoms with Crippen LogP contribution in [0, 0.1) is 0 Å². The molecule has 0 saturated heterocycles. The average Bonchev–Trinajstić information content (AvgIpc) is 1.59. The quantitative estimate of drug-likeness (QED) is 0.637. The van der Waals surface area contributed by atoms with Gasteiger partial charge in [-0.25, -0.2) is 8.51 Å². The van der Waals surface area contributed by atoms with Gasteiger partial charge in [0.25, 0.3) is 11.3 Å². The zero-order valence-corrected chi connectivity index (χ0v) is 6.94. The predicted octanol–water partition coefficient (Wildman–Crippen LogP) is 1.49. The molecule has 0 amide bonds. The molecule has 0 aliphatic rings. The van der Waals surface area contributed by atoms with E-state index in [9.17, 15) is 4.21 Å². The molecule has 0 aromatic rings. The molecule has 0 rings (SSSR count). The van der Waals surface area contributed by atoms with Gasteiger partial charge >= 0.3 is 0 Å². The van der Waals surface area contributed by atoms with Crippen LogP contribution in [0.4, 0.5) is 0 Å². The van der Waals surface area contributed by atoms with E-state index in [0.29, 0.717) is 11.4 Å². The molecule has 0 heterocycles. The van der Waals surface area contributed by atoms with Crippen molar-refractivity contribution in [3.63, 3.8) is 0 Å². The third-order valence-electron chi connectivity index (χ3n) is 0.850. The largest absolute Gasteiger partial charge is 0.289 e. The van der Waals surface area contributed by atoms with Crippen molar-refractivity contribution in [3.05, 3.63) is 24.6 Å². The molecule has 0 radical (unpaired) electrons. The minimum atomic E-state index is -2.03. The Morgan fingerprint density at radius 2 is 1.70 bits per heavy atom. The second kappa shape index (κ2) is 3.53. The van der Waals surface area contributed by atoms with Crippen LogP contribution in [0.2, 0.25) is 0 Å². The van der Waals surface area contributed by atoms with Gasteiger partial charge in [0.05, 0.1) is 0 Å². The van der Waals surface area contributed by atoms with Crippen LogP contribution in [-0.4, -0.2) is 13.1 Å². The Kier molecular flexibility index (Phi) is 3.32. The van der Waals surface area contributed by atoms with Crippen molar-refractivity contribution >= 4 is 11.3 Å². The third kappa shape index (κ3) is 2.33. The Balaban J connectivity index is 4.43. The number of hydrogen-bond acceptors (Lipinski definition) is 1. The van der Waals surface area contributed by atoms with Gasteiger partial charge in [-0.3, -0.25) is 4.55 Å². The van der Waals surface area contributed by atoms with Crippen molar-refractivity contribution < 1.29 is 8.76 Å². The number of allylic oxidation sites excluding steroid dienone is 2. The van der Waals surface area contributed by atoms with E-state index >= 15 is 0 Å². The first-order valence-corrected chi connectivity index (χ1v) is 3.75. The van der Waals surface area contributed by atoms with Gasteiger partial charge in [-0.05, 0) is 13.8 Å². The summed E-state index contributed by atoms with van der Waals surface area (Å²) in [5.74, 6) is 0. The van der Waals surface area contributed by atoms with E-state index < -0.39 is 11.3 Å². The summed E-state index contributed by atoms with van der Waals surface area (Å²) < 4.78 is 20.3. The molecule has 0 aromatic carbocycles. The van der Waals surface area contributed by atoms with Crippen molar-refractivity contribution in [2.45, 2.75) is 13.8 Å². The molecule has 1 atom stereocenters. The zero-order chi connectivity index (χ0) is 8.31. The molecular weight excluding hydrogens is 150 g/mol. The molecule has 0 bridgehead atoms. The van der Waals surface area contributed by atoms with Crippen molar-refractivity contribution in [2.75, 3.05) is 0 Å². The predicted molar refractivity (Wildman–Crippen MR) is 42.2 cm³/mol. The second-order valence-electron chi connectivity index (χ2n) is 2.00. The molecule has 0 aliphatic heterocycles. The zero-order valence-electron chi connectivity index (χ0n) is 6.13. The Labute approximate surface area is 63.5 Å². The Morgan fingerprint density at radius 3 is 1.70 bits per heavy atom. The van der Waals surface area contributed by atoms with Gasteiger partial charge in [0, 0.05) is 11.4 Å². The summed E-state index contributed by atoms with van der Waals surface area (Å²) >= 11 is -2.03. The van der Waals surface area contributed by atoms with Gasteiger partial charge in [-0.15, -0.1) is 0 Å². The van der Waals surface area contributed by atoms with E-state index in [1.807, 2.05) is 0 Å². The molecule has 4 heteroatoms. The minimum Gasteiger partial charge on any atom is -0.289 e. The second-order valence-corrected chi connectivity index (χ2v) is 2.82. The number of rotatable bonds is 3. The molecule has 58 valence electrons. The summed E-state index contributed by atoms with van der Waals surface area (Å²) in [6.07, 6.45) is 0. The van der Waals surface area contributed by atoms with E-state index in [1.54, 1.807) is 13.8 Å². The highest BCUT2D eigenvalue weighted by Gasteiger charge is 2.09. The summed E-state index contributed by atoms with van der Waals surface area (Å²) in [7, 11) is 0. The van der Waals surface area contributed by atoms with Gasteiger partial charge in [0.1, 0.15) is 0 Å². The van der Waals surface area contributed by atoms with Gasteiger partial charge < -0.3 is 0 Å². The molecule has 1 unspecified atom stereocenters. The van der Waals surface area contributed by atoms with Crippen LogP contribution in [0.1, 0.15) is 13.8 Å². The normalized spacial score (nSPS) is 12.3. The number of nitrogens with zero attached hydrogens (tertiary/aromatic N) is 1. The maximum absolute atomic E-state index is 10.5. The van der Waals surface area contributed by atoms with Crippen LogP contribution in [0.3, 0.4) is 0 Å². The maximum atomic E-state index is 10.5. The lowest BCUT2D eigenvalue weighted by molar-refractivity contribution is 0.498. The monoisotopic (exact) mass is 161 g/mol. The highest BCUT2D eigenvalue weighted by Crippen LogP contribution is 2.09. The average molecular weight is 161 g/mol. The Morgan fingerprint density at radius 1 is 1.40 bits per heavy atom. The molecule has 3 nitrogen and oxygen atoms in total. The molecular formula is C6H11NO2S. The summed E-state index contributed by atoms with van der Waals surface area (Å²) in [5, 5.41) is 0. The van der Waals surface area contributed by atoms with Gasteiger partial charge in [-0.2, -0.15) is 0 Å². The van der Waals surface area contributed by atoms with Crippen LogP contribution >= 0.6 is 0 Å². The summed E-state index contributed by atoms with van der Waals surface area (Å²) in [4.78, 5) is 0. The standard InChI is InChI=1S/C6H11NO2S/c1-5(2)7(6(3)4)10(8)9/h1,3H2,2,4H3,(H,8,9). The van der Waals surface area contributed by atoms with E-state index in [0.717, 1.165) is 4.31 Å². The lowest BCUT2D eigenvalue weighted by Gasteiger charge is -2.18. The highest BCUT2D eigenvalue weighted by atomic mass is 32.2. The van der Waals surface area contributed by atoms with Crippen LogP contribution in [0.25, 0.3) is 0 Å². The van der Waals surface area contributed by atoms with Gasteiger partial charge in [-0.1, -0.05) is 13.2 Å². The van der Waals surface area contributed by atoms with Crippen molar-refractivity contribution in [1.29, 1.82) is 0 Å². The van der Waals surface area contributed by atoms with E-state index in [2.05, 4.69) is 13.2 Å². The minimum absolute atomic E-state index is 0.508. The topological polar surface area (TPSA) is 40.5 Å². The van der Waals surface area contributed by atoms with Crippen LogP contribution < -0.4 is 0 Å². The highest BCUT2D eigenvalue weighted by molar-refractivity contribution is 7.77. The van der Waals surface area contributed by atoms with E-state index in [4.69, 9.17) is 4.55 Å². The lowest BCUT2D eigenvalue weighted by atomic mass is 10.5. The molecule has 1 N–H and O–H groups in total. The Hall–Kier alpha value is -0.610. The SMILES string of the molecule is C=C(C)N(C(=C)C)S(=O)O. The number of hydrogen-bond donors (Lipinski definition) is 1. The molecule has 0 aromatic heterocycles. The fraction of sp³-hybridized carbons (Fsp3) is 0.333. The molecule has 0 aliphatic carbocycles. The van der Waals surface area contributed by atoms with E-state index in [1.165, 1.54) is 0 Å². The smallest absolute Gasteiger partial charge is 0.265 e. The molecule has 0 saturated carbocycles. The van der Waals surface area contributed by atoms with Crippen LogP contribution in [0.15, 0.2) is 24.6 Å². The van der Waals surface area contributed by atoms with Crippen molar-refractivity contribution in [1.82, 2.24) is 4.31 Å². The van der Waals surface area contributed by atoms with Gasteiger partial charge in [0.2, 0.25) is 0 Å². The first-order valence-electron chi connectivity index (χ1n) is 2.69. The molecule has 10 heavy (non-hydrogen) atoms. The summed E-state index contributed by atoms with van der Waals surface area (Å²) in [5.41, 5.74) is 1.02. The third-order valence-corrected chi connectivity index (χ3v) is 1.79. The van der Waals surface area contributed by atoms with Crippen molar-refractivity contribution in [3.8, 4) is 0 Å². The first-order chi connectivity index (χ1) is 4.46. The van der Waals surface area contributed by atoms with E-state index in [-0.39, 0.29) is 0 Å². The first kappa shape index (κ1) is 9.39. The van der Waals surface area contributed by atoms with Gasteiger partial charge in [0.15, 0.2) is 0 Å². The molecule has 0 spiro atoms. The maximum Gasteiger partial charge on any atom is 0.265 e. The van der Waals surface area contributed by atoms with Crippen molar-refractivity contribution in [2.24, 2.45) is 0 Å². The molecule has 0 fully saturated rings. The fourth-order valence-electron chi connectivity index (χ4n) is 0.592. The summed E-state index contributed by atoms with van der Waals surface area (Å²) in [6.45, 7) is 10.3. The van der Waals surface area contributed by atoms with Crippen LogP contribution in [-0.2, 0) is 11.3 Å². The fourth-order valence-corrected chi connectivity index (χ4v) is 1.13. The lowest BCUT2D eigenvalue weighted by Crippen LogP contribution is -2.20. The van der Waals surface area contributed by atoms with Crippen LogP contribution in [0.5, 0.6) is 0 Å². The summed E-state index contributed by atoms with van der Waals surface area (Å²) in [6, 6.07) is 0. The Bertz CT molecular complexity index is 155.